The van der Waals surface area contributed by atoms with Gasteiger partial charge in [-0.2, -0.15) is 5.10 Å². The molecule has 10 nitrogen and oxygen atoms in total. The summed E-state index contributed by atoms with van der Waals surface area (Å²) in [6.45, 7) is 0.940. The van der Waals surface area contributed by atoms with Crippen LogP contribution in [-0.4, -0.2) is 57.9 Å². The molecule has 0 radical (unpaired) electrons. The van der Waals surface area contributed by atoms with E-state index in [2.05, 4.69) is 21.0 Å². The lowest BCUT2D eigenvalue weighted by atomic mass is 10.1. The summed E-state index contributed by atoms with van der Waals surface area (Å²) in [6, 6.07) is 8.99. The molecule has 4 rings (SSSR count). The van der Waals surface area contributed by atoms with E-state index in [1.54, 1.807) is 24.3 Å². The van der Waals surface area contributed by atoms with Gasteiger partial charge in [0.15, 0.2) is 5.78 Å². The van der Waals surface area contributed by atoms with E-state index in [1.165, 1.54) is 35.7 Å². The summed E-state index contributed by atoms with van der Waals surface area (Å²) >= 11 is 5.79. The maximum atomic E-state index is 14.1. The lowest BCUT2D eigenvalue weighted by Gasteiger charge is -2.22. The van der Waals surface area contributed by atoms with Crippen LogP contribution in [0.5, 0.6) is 0 Å². The lowest BCUT2D eigenvalue weighted by Crippen LogP contribution is -2.43. The predicted molar refractivity (Wildman–Crippen MR) is 136 cm³/mol. The highest BCUT2D eigenvalue weighted by Gasteiger charge is 2.34. The Morgan fingerprint density at radius 1 is 1.19 bits per heavy atom. The van der Waals surface area contributed by atoms with Gasteiger partial charge in [-0.1, -0.05) is 23.7 Å². The zero-order chi connectivity index (χ0) is 26.7. The largest absolute Gasteiger partial charge is 0.350 e. The summed E-state index contributed by atoms with van der Waals surface area (Å²) in [5.74, 6) is -1.65. The highest BCUT2D eigenvalue weighted by Crippen LogP contribution is 2.28. The average molecular weight is 529 g/mol. The van der Waals surface area contributed by atoms with E-state index in [-0.39, 0.29) is 53.6 Å². The minimum atomic E-state index is -0.597. The number of anilines is 1. The number of rotatable bonds is 9. The molecule has 12 heteroatoms. The zero-order valence-corrected chi connectivity index (χ0v) is 21.1. The van der Waals surface area contributed by atoms with Crippen molar-refractivity contribution in [1.29, 1.82) is 0 Å². The van der Waals surface area contributed by atoms with E-state index >= 15 is 0 Å². The summed E-state index contributed by atoms with van der Waals surface area (Å²) in [7, 11) is 1.49. The fourth-order valence-corrected chi connectivity index (χ4v) is 4.14. The van der Waals surface area contributed by atoms with Crippen LogP contribution < -0.4 is 16.0 Å². The van der Waals surface area contributed by atoms with Gasteiger partial charge in [-0.3, -0.25) is 19.1 Å². The molecule has 1 aliphatic carbocycles. The van der Waals surface area contributed by atoms with E-state index in [4.69, 9.17) is 11.6 Å². The van der Waals surface area contributed by atoms with E-state index in [9.17, 15) is 23.6 Å². The molecule has 2 aromatic carbocycles. The summed E-state index contributed by atoms with van der Waals surface area (Å²) in [4.78, 5) is 51.2. The van der Waals surface area contributed by atoms with Crippen molar-refractivity contribution < 1.29 is 23.6 Å². The number of hydrogen-bond acceptors (Lipinski definition) is 5. The van der Waals surface area contributed by atoms with Gasteiger partial charge < -0.3 is 20.9 Å². The van der Waals surface area contributed by atoms with E-state index in [0.717, 1.165) is 12.8 Å². The summed E-state index contributed by atoms with van der Waals surface area (Å²) in [5.41, 5.74) is 1.42. The van der Waals surface area contributed by atoms with Crippen molar-refractivity contribution in [1.82, 2.24) is 25.3 Å². The van der Waals surface area contributed by atoms with E-state index in [0.29, 0.717) is 16.6 Å². The molecule has 3 aromatic rings. The van der Waals surface area contributed by atoms with Gasteiger partial charge in [0.25, 0.3) is 0 Å². The smallest absolute Gasteiger partial charge is 0.318 e. The molecule has 1 aliphatic rings. The second-order valence-electron chi connectivity index (χ2n) is 8.74. The Morgan fingerprint density at radius 3 is 2.62 bits per heavy atom. The van der Waals surface area contributed by atoms with Crippen molar-refractivity contribution in [2.24, 2.45) is 0 Å². The van der Waals surface area contributed by atoms with Gasteiger partial charge >= 0.3 is 6.03 Å². The number of aromatic nitrogens is 2. The molecule has 0 spiro atoms. The van der Waals surface area contributed by atoms with Crippen LogP contribution in [0.15, 0.2) is 36.4 Å². The van der Waals surface area contributed by atoms with E-state index < -0.39 is 17.8 Å². The fraction of sp³-hybridized carbons (Fsp3) is 0.320. The van der Waals surface area contributed by atoms with Crippen LogP contribution in [0.1, 0.15) is 35.8 Å². The van der Waals surface area contributed by atoms with Crippen molar-refractivity contribution in [2.45, 2.75) is 38.9 Å². The second-order valence-corrected chi connectivity index (χ2v) is 9.15. The van der Waals surface area contributed by atoms with Crippen molar-refractivity contribution in [3.8, 4) is 0 Å². The number of hydrogen-bond donors (Lipinski definition) is 3. The number of halogens is 2. The molecule has 0 saturated heterocycles. The van der Waals surface area contributed by atoms with Gasteiger partial charge in [-0.25, -0.2) is 9.18 Å². The van der Waals surface area contributed by atoms with Crippen molar-refractivity contribution in [3.63, 3.8) is 0 Å². The predicted octanol–water partition coefficient (Wildman–Crippen LogP) is 3.09. The Kier molecular flexibility index (Phi) is 7.72. The molecule has 3 N–H and O–H groups in total. The highest BCUT2D eigenvalue weighted by molar-refractivity contribution is 6.30. The number of urea groups is 1. The van der Waals surface area contributed by atoms with Gasteiger partial charge in [0, 0.05) is 43.2 Å². The molecular formula is C25H26ClFN6O4. The van der Waals surface area contributed by atoms with Crippen LogP contribution in [0.4, 0.5) is 14.9 Å². The van der Waals surface area contributed by atoms with Gasteiger partial charge in [0.2, 0.25) is 11.8 Å². The van der Waals surface area contributed by atoms with Crippen LogP contribution in [0.3, 0.4) is 0 Å². The van der Waals surface area contributed by atoms with Crippen LogP contribution in [-0.2, 0) is 22.7 Å². The first-order chi connectivity index (χ1) is 17.7. The molecule has 0 atom stereocenters. The quantitative estimate of drug-likeness (QED) is 0.368. The Labute approximate surface area is 217 Å². The molecule has 37 heavy (non-hydrogen) atoms. The maximum absolute atomic E-state index is 14.1. The minimum absolute atomic E-state index is 0.0329. The number of amides is 4. The third kappa shape index (κ3) is 6.05. The average Bonchev–Trinajstić information content (AvgIpc) is 3.65. The fourth-order valence-electron chi connectivity index (χ4n) is 3.95. The Balaban J connectivity index is 1.48. The summed E-state index contributed by atoms with van der Waals surface area (Å²) in [5, 5.41) is 12.5. The second kappa shape index (κ2) is 11.0. The monoisotopic (exact) mass is 528 g/mol. The maximum Gasteiger partial charge on any atom is 0.318 e. The Morgan fingerprint density at radius 2 is 1.95 bits per heavy atom. The first kappa shape index (κ1) is 26.1. The highest BCUT2D eigenvalue weighted by atomic mass is 35.5. The zero-order valence-electron chi connectivity index (χ0n) is 20.3. The normalized spacial score (nSPS) is 12.8. The molecule has 1 heterocycles. The van der Waals surface area contributed by atoms with Crippen molar-refractivity contribution in [2.75, 3.05) is 18.9 Å². The number of nitrogens with zero attached hydrogens (tertiary/aromatic N) is 3. The molecule has 0 aliphatic heterocycles. The number of nitrogens with one attached hydrogen (secondary N) is 3. The van der Waals surface area contributed by atoms with Gasteiger partial charge in [-0.05, 0) is 37.1 Å². The van der Waals surface area contributed by atoms with Gasteiger partial charge in [0.1, 0.15) is 18.1 Å². The third-order valence-electron chi connectivity index (χ3n) is 5.98. The third-order valence-corrected chi connectivity index (χ3v) is 6.28. The molecule has 194 valence electrons. The topological polar surface area (TPSA) is 125 Å². The number of Topliss-reactive ketones (excluding diaryl/α,β-unsaturated/α-hetero) is 1. The Hall–Kier alpha value is -3.99. The molecule has 1 saturated carbocycles. The number of carbonyl (C=O) groups is 4. The van der Waals surface area contributed by atoms with Crippen LogP contribution >= 0.6 is 11.6 Å². The summed E-state index contributed by atoms with van der Waals surface area (Å²) < 4.78 is 15.5. The SMILES string of the molecule is CNC(=O)Nc1ccc2c(c1)c(C(C)=O)nn2CC(=O)N(CC(=O)NCc1cccc(Cl)c1F)C1CC1. The number of fused-ring (bicyclic) bond motifs is 1. The number of benzene rings is 2. The van der Waals surface area contributed by atoms with Gasteiger partial charge in [-0.15, -0.1) is 0 Å². The number of ketones is 1. The molecular weight excluding hydrogens is 503 g/mol. The number of carbonyl (C=O) groups excluding carboxylic acids is 4. The molecule has 1 aromatic heterocycles. The van der Waals surface area contributed by atoms with E-state index in [1.807, 2.05) is 0 Å². The van der Waals surface area contributed by atoms with Crippen molar-refractivity contribution >= 4 is 51.8 Å². The van der Waals surface area contributed by atoms with Gasteiger partial charge in [0.05, 0.1) is 17.1 Å². The standard InChI is InChI=1S/C25H26ClFN6O4/c1-14(34)24-18-10-16(30-25(37)28-2)6-9-20(18)33(31-24)13-22(36)32(17-7-8-17)12-21(35)29-11-15-4-3-5-19(26)23(15)27/h3-6,9-10,17H,7-8,11-13H2,1-2H3,(H,29,35)(H2,28,30,37). The first-order valence-corrected chi connectivity index (χ1v) is 12.0. The van der Waals surface area contributed by atoms with Crippen LogP contribution in [0, 0.1) is 5.82 Å². The Bertz CT molecular complexity index is 1390. The minimum Gasteiger partial charge on any atom is -0.350 e. The van der Waals surface area contributed by atoms with Crippen LogP contribution in [0.2, 0.25) is 5.02 Å². The lowest BCUT2D eigenvalue weighted by molar-refractivity contribution is -0.137. The molecule has 0 unspecified atom stereocenters. The molecule has 1 fully saturated rings. The summed E-state index contributed by atoms with van der Waals surface area (Å²) in [6.07, 6.45) is 1.55. The molecule has 0 bridgehead atoms. The van der Waals surface area contributed by atoms with Crippen molar-refractivity contribution in [3.05, 3.63) is 58.5 Å². The first-order valence-electron chi connectivity index (χ1n) is 11.7. The van der Waals surface area contributed by atoms with Crippen LogP contribution in [0.25, 0.3) is 10.9 Å². The molecule has 4 amide bonds.